The number of halogens is 1. The van der Waals surface area contributed by atoms with Crippen LogP contribution in [-0.4, -0.2) is 31.0 Å². The van der Waals surface area contributed by atoms with Crippen LogP contribution in [0.3, 0.4) is 0 Å². The van der Waals surface area contributed by atoms with E-state index >= 15 is 0 Å². The zero-order chi connectivity index (χ0) is 32.7. The molecule has 5 aromatic rings. The minimum absolute atomic E-state index is 0.108. The number of esters is 1. The van der Waals surface area contributed by atoms with Crippen molar-refractivity contribution in [3.63, 3.8) is 0 Å². The van der Waals surface area contributed by atoms with Crippen molar-refractivity contribution in [1.29, 1.82) is 0 Å². The Balaban J connectivity index is 1.27. The zero-order valence-corrected chi connectivity index (χ0v) is 28.7. The number of rotatable bonds is 8. The van der Waals surface area contributed by atoms with Gasteiger partial charge in [-0.05, 0) is 94.2 Å². The molecule has 0 saturated heterocycles. The predicted molar refractivity (Wildman–Crippen MR) is 187 cm³/mol. The van der Waals surface area contributed by atoms with Crippen LogP contribution in [0, 0.1) is 3.57 Å². The molecule has 0 unspecified atom stereocenters. The second kappa shape index (κ2) is 12.9. The second-order valence-electron chi connectivity index (χ2n) is 10.9. The van der Waals surface area contributed by atoms with Gasteiger partial charge in [0.1, 0.15) is 6.61 Å². The maximum absolute atomic E-state index is 14.1. The van der Waals surface area contributed by atoms with E-state index < -0.39 is 12.0 Å². The van der Waals surface area contributed by atoms with Gasteiger partial charge in [-0.25, -0.2) is 9.79 Å². The highest BCUT2D eigenvalue weighted by atomic mass is 127. The SMILES string of the molecule is CCOC(=O)C1=C(C)N=c2s/c(=C/c3cc(I)c(OCc4cccc5ccccc45)c(OC)c3)c(=O)n2[C@H]1c1ccc2c(c1)OCO2. The fraction of sp³-hybridized carbons (Fsp3) is 0.194. The maximum atomic E-state index is 14.1. The topological polar surface area (TPSA) is 97.6 Å². The van der Waals surface area contributed by atoms with Gasteiger partial charge in [0.05, 0.1) is 39.1 Å². The molecule has 1 atom stereocenters. The molecular formula is C36H29IN2O7S. The first-order chi connectivity index (χ1) is 22.9. The molecule has 7 rings (SSSR count). The fourth-order valence-corrected chi connectivity index (χ4v) is 7.70. The van der Waals surface area contributed by atoms with Crippen LogP contribution in [0.15, 0.2) is 93.9 Å². The first-order valence-electron chi connectivity index (χ1n) is 14.9. The molecule has 0 bridgehead atoms. The van der Waals surface area contributed by atoms with Crippen molar-refractivity contribution < 1.29 is 28.5 Å². The van der Waals surface area contributed by atoms with Crippen LogP contribution < -0.4 is 33.8 Å². The van der Waals surface area contributed by atoms with Crippen LogP contribution in [0.25, 0.3) is 16.8 Å². The summed E-state index contributed by atoms with van der Waals surface area (Å²) in [4.78, 5) is 32.5. The van der Waals surface area contributed by atoms with Crippen molar-refractivity contribution in [1.82, 2.24) is 4.57 Å². The van der Waals surface area contributed by atoms with Crippen molar-refractivity contribution in [3.8, 4) is 23.0 Å². The molecule has 2 aliphatic heterocycles. The number of carbonyl (C=O) groups is 1. The maximum Gasteiger partial charge on any atom is 0.338 e. The summed E-state index contributed by atoms with van der Waals surface area (Å²) in [6.45, 7) is 4.17. The van der Waals surface area contributed by atoms with E-state index in [1.165, 1.54) is 11.3 Å². The number of hydrogen-bond donors (Lipinski definition) is 0. The lowest BCUT2D eigenvalue weighted by Gasteiger charge is -2.24. The van der Waals surface area contributed by atoms with Crippen LogP contribution >= 0.6 is 33.9 Å². The number of hydrogen-bond acceptors (Lipinski definition) is 9. The summed E-state index contributed by atoms with van der Waals surface area (Å²) in [5.74, 6) is 1.80. The molecule has 1 aromatic heterocycles. The molecular weight excluding hydrogens is 731 g/mol. The average Bonchev–Trinajstić information content (AvgIpc) is 3.66. The Kier molecular flexibility index (Phi) is 8.50. The second-order valence-corrected chi connectivity index (χ2v) is 13.0. The first-order valence-corrected chi connectivity index (χ1v) is 16.8. The van der Waals surface area contributed by atoms with E-state index in [1.54, 1.807) is 37.7 Å². The van der Waals surface area contributed by atoms with Gasteiger partial charge in [-0.15, -0.1) is 0 Å². The third kappa shape index (κ3) is 5.78. The van der Waals surface area contributed by atoms with Gasteiger partial charge in [-0.2, -0.15) is 0 Å². The number of carbonyl (C=O) groups excluding carboxylic acids is 1. The molecule has 0 aliphatic carbocycles. The van der Waals surface area contributed by atoms with Crippen molar-refractivity contribution in [2.24, 2.45) is 4.99 Å². The number of nitrogens with zero attached hydrogens (tertiary/aromatic N) is 2. The number of aromatic nitrogens is 1. The molecule has 0 spiro atoms. The molecule has 0 amide bonds. The van der Waals surface area contributed by atoms with Gasteiger partial charge < -0.3 is 23.7 Å². The molecule has 2 aliphatic rings. The zero-order valence-electron chi connectivity index (χ0n) is 25.7. The average molecular weight is 761 g/mol. The number of fused-ring (bicyclic) bond motifs is 3. The highest BCUT2D eigenvalue weighted by Crippen LogP contribution is 2.39. The largest absolute Gasteiger partial charge is 0.493 e. The molecule has 0 radical (unpaired) electrons. The van der Waals surface area contributed by atoms with Crippen LogP contribution in [0.4, 0.5) is 0 Å². The Morgan fingerprint density at radius 1 is 1.09 bits per heavy atom. The molecule has 9 nitrogen and oxygen atoms in total. The van der Waals surface area contributed by atoms with Crippen LogP contribution in [0.5, 0.6) is 23.0 Å². The number of allylic oxidation sites excluding steroid dienone is 1. The molecule has 3 heterocycles. The van der Waals surface area contributed by atoms with Gasteiger partial charge in [0.2, 0.25) is 6.79 Å². The summed E-state index contributed by atoms with van der Waals surface area (Å²) in [5, 5.41) is 2.29. The summed E-state index contributed by atoms with van der Waals surface area (Å²) in [5.41, 5.74) is 3.02. The van der Waals surface area contributed by atoms with E-state index in [1.807, 2.05) is 42.5 Å². The summed E-state index contributed by atoms with van der Waals surface area (Å²) < 4.78 is 31.4. The number of methoxy groups -OCH3 is 1. The fourth-order valence-electron chi connectivity index (χ4n) is 5.87. The normalized spacial score (nSPS) is 15.4. The number of ether oxygens (including phenoxy) is 5. The standard InChI is InChI=1S/C36H29IN2O7S/c1-4-43-35(41)31-20(2)38-36-39(32(31)23-12-13-27-28(17-23)46-19-45-27)34(40)30(47-36)16-21-14-26(37)33(29(15-21)42-3)44-18-24-10-7-9-22-8-5-6-11-25(22)24/h5-17,32H,4,18-19H2,1-3H3/b30-16+/t32-/m0/s1. The molecule has 238 valence electrons. The van der Waals surface area contributed by atoms with Crippen molar-refractivity contribution in [2.45, 2.75) is 26.5 Å². The summed E-state index contributed by atoms with van der Waals surface area (Å²) in [7, 11) is 1.60. The van der Waals surface area contributed by atoms with Gasteiger partial charge in [-0.3, -0.25) is 9.36 Å². The summed E-state index contributed by atoms with van der Waals surface area (Å²) in [6.07, 6.45) is 1.81. The highest BCUT2D eigenvalue weighted by Gasteiger charge is 2.34. The van der Waals surface area contributed by atoms with Gasteiger partial charge in [-0.1, -0.05) is 59.9 Å². The van der Waals surface area contributed by atoms with Crippen LogP contribution in [0.1, 0.15) is 36.6 Å². The predicted octanol–water partition coefficient (Wildman–Crippen LogP) is 5.87. The Labute approximate surface area is 287 Å². The molecule has 4 aromatic carbocycles. The van der Waals surface area contributed by atoms with Crippen LogP contribution in [-0.2, 0) is 16.1 Å². The number of benzene rings is 4. The monoisotopic (exact) mass is 760 g/mol. The third-order valence-electron chi connectivity index (χ3n) is 8.03. The summed E-state index contributed by atoms with van der Waals surface area (Å²) in [6, 6.07) is 22.8. The van der Waals surface area contributed by atoms with Crippen molar-refractivity contribution in [2.75, 3.05) is 20.5 Å². The first kappa shape index (κ1) is 31.0. The van der Waals surface area contributed by atoms with E-state index in [-0.39, 0.29) is 19.0 Å². The Morgan fingerprint density at radius 3 is 2.72 bits per heavy atom. The third-order valence-corrected chi connectivity index (χ3v) is 9.82. The van der Waals surface area contributed by atoms with E-state index in [0.717, 1.165) is 25.5 Å². The van der Waals surface area contributed by atoms with E-state index in [4.69, 9.17) is 23.7 Å². The van der Waals surface area contributed by atoms with E-state index in [0.29, 0.717) is 55.8 Å². The van der Waals surface area contributed by atoms with E-state index in [9.17, 15) is 9.59 Å². The lowest BCUT2D eigenvalue weighted by atomic mass is 9.95. The Hall–Kier alpha value is -4.62. The van der Waals surface area contributed by atoms with Gasteiger partial charge in [0.25, 0.3) is 5.56 Å². The van der Waals surface area contributed by atoms with Gasteiger partial charge in [0.15, 0.2) is 27.8 Å². The van der Waals surface area contributed by atoms with Gasteiger partial charge >= 0.3 is 5.97 Å². The quantitative estimate of drug-likeness (QED) is 0.144. The van der Waals surface area contributed by atoms with Crippen molar-refractivity contribution >= 4 is 56.7 Å². The molecule has 0 saturated carbocycles. The van der Waals surface area contributed by atoms with Crippen molar-refractivity contribution in [3.05, 3.63) is 124 Å². The molecule has 0 fully saturated rings. The minimum Gasteiger partial charge on any atom is -0.493 e. The molecule has 11 heteroatoms. The Bertz CT molecular complexity index is 2270. The lowest BCUT2D eigenvalue weighted by Crippen LogP contribution is -2.39. The Morgan fingerprint density at radius 2 is 1.89 bits per heavy atom. The van der Waals surface area contributed by atoms with Crippen LogP contribution in [0.2, 0.25) is 0 Å². The minimum atomic E-state index is -0.763. The smallest absolute Gasteiger partial charge is 0.338 e. The van der Waals surface area contributed by atoms with Gasteiger partial charge in [0, 0.05) is 0 Å². The summed E-state index contributed by atoms with van der Waals surface area (Å²) >= 11 is 3.48. The lowest BCUT2D eigenvalue weighted by molar-refractivity contribution is -0.139. The molecule has 0 N–H and O–H groups in total. The van der Waals surface area contributed by atoms with E-state index in [2.05, 4.69) is 51.8 Å². The highest BCUT2D eigenvalue weighted by molar-refractivity contribution is 14.1. The number of thiazole rings is 1. The molecule has 47 heavy (non-hydrogen) atoms.